The number of benzene rings is 2. The van der Waals surface area contributed by atoms with E-state index >= 15 is 0 Å². The Morgan fingerprint density at radius 1 is 0.608 bits per heavy atom. The molecule has 0 bridgehead atoms. The van der Waals surface area contributed by atoms with E-state index in [9.17, 15) is 83.3 Å². The zero-order chi connectivity index (χ0) is 56.5. The second-order valence-electron chi connectivity index (χ2n) is 15.4. The Morgan fingerprint density at radius 3 is 1.31 bits per heavy atom. The Balaban J connectivity index is 0.000000455. The van der Waals surface area contributed by atoms with Gasteiger partial charge in [-0.3, -0.25) is 19.2 Å². The molecular formula is C43H45F9N6O14S2. The van der Waals surface area contributed by atoms with Crippen LogP contribution in [0.15, 0.2) is 60.7 Å². The molecule has 4 aromatic rings. The minimum atomic E-state index is -5.08. The Hall–Kier alpha value is -7.67. The minimum absolute atomic E-state index is 0.0312. The van der Waals surface area contributed by atoms with Gasteiger partial charge in [-0.05, 0) is 68.3 Å². The summed E-state index contributed by atoms with van der Waals surface area (Å²) in [6.45, 7) is 3.73. The van der Waals surface area contributed by atoms with Crippen LogP contribution in [-0.4, -0.2) is 114 Å². The monoisotopic (exact) mass is 1100 g/mol. The molecule has 10 N–H and O–H groups in total. The van der Waals surface area contributed by atoms with Crippen molar-refractivity contribution in [3.63, 3.8) is 0 Å². The highest BCUT2D eigenvalue weighted by Crippen LogP contribution is 2.38. The molecule has 4 rings (SSSR count). The van der Waals surface area contributed by atoms with Gasteiger partial charge in [0.05, 0.1) is 41.6 Å². The van der Waals surface area contributed by atoms with E-state index in [0.29, 0.717) is 34.6 Å². The van der Waals surface area contributed by atoms with Crippen LogP contribution in [0.1, 0.15) is 81.7 Å². The van der Waals surface area contributed by atoms with Gasteiger partial charge < -0.3 is 61.8 Å². The molecule has 20 nitrogen and oxygen atoms in total. The van der Waals surface area contributed by atoms with Crippen molar-refractivity contribution in [2.45, 2.75) is 70.1 Å². The van der Waals surface area contributed by atoms with Crippen LogP contribution in [0.25, 0.3) is 0 Å². The van der Waals surface area contributed by atoms with Gasteiger partial charge in [-0.15, -0.1) is 22.7 Å². The molecule has 0 fully saturated rings. The number of rotatable bonds is 15. The van der Waals surface area contributed by atoms with Crippen LogP contribution < -0.4 is 32.3 Å². The van der Waals surface area contributed by atoms with Crippen LogP contribution in [0.4, 0.5) is 44.3 Å². The second-order valence-corrected chi connectivity index (χ2v) is 17.5. The number of methoxy groups -OCH3 is 2. The Kier molecular flexibility index (Phi) is 22.7. The molecule has 2 aromatic carbocycles. The number of amides is 5. The van der Waals surface area contributed by atoms with Crippen molar-refractivity contribution in [2.24, 2.45) is 5.73 Å². The number of ether oxygens (including phenoxy) is 3. The first kappa shape index (κ1) is 62.4. The van der Waals surface area contributed by atoms with E-state index in [4.69, 9.17) is 20.4 Å². The first-order chi connectivity index (χ1) is 34.1. The number of hydrogen-bond acceptors (Lipinski definition) is 16. The highest BCUT2D eigenvalue weighted by atomic mass is 32.1. The average molecular weight is 1100 g/mol. The first-order valence-electron chi connectivity index (χ1n) is 20.4. The van der Waals surface area contributed by atoms with Crippen LogP contribution in [-0.2, 0) is 54.0 Å². The normalized spacial score (nSPS) is 12.1. The number of aromatic hydroxyl groups is 2. The third-order valence-electron chi connectivity index (χ3n) is 8.57. The predicted molar refractivity (Wildman–Crippen MR) is 241 cm³/mol. The van der Waals surface area contributed by atoms with Gasteiger partial charge in [0, 0.05) is 19.6 Å². The lowest BCUT2D eigenvalue weighted by molar-refractivity contribution is -0.192. The summed E-state index contributed by atoms with van der Waals surface area (Å²) in [5.74, 6) is -9.01. The molecule has 0 aliphatic heterocycles. The molecule has 0 aliphatic rings. The van der Waals surface area contributed by atoms with Crippen LogP contribution >= 0.6 is 22.7 Å². The van der Waals surface area contributed by atoms with Gasteiger partial charge in [-0.2, -0.15) is 39.5 Å². The van der Waals surface area contributed by atoms with E-state index in [-0.39, 0.29) is 47.3 Å². The number of carboxylic acids is 1. The van der Waals surface area contributed by atoms with Crippen molar-refractivity contribution in [1.29, 1.82) is 0 Å². The molecule has 406 valence electrons. The highest BCUT2D eigenvalue weighted by Gasteiger charge is 2.41. The third-order valence-corrected chi connectivity index (χ3v) is 10.8. The van der Waals surface area contributed by atoms with Gasteiger partial charge in [-0.25, -0.2) is 19.2 Å². The van der Waals surface area contributed by atoms with Gasteiger partial charge in [0.1, 0.15) is 38.9 Å². The summed E-state index contributed by atoms with van der Waals surface area (Å²) in [6.07, 6.45) is -15.9. The van der Waals surface area contributed by atoms with E-state index in [0.717, 1.165) is 14.2 Å². The smallest absolute Gasteiger partial charge is 0.490 e. The minimum Gasteiger partial charge on any atom is -0.508 e. The number of nitrogens with two attached hydrogens (primary N) is 1. The number of carboxylic acid groups (broad SMARTS) is 1. The summed E-state index contributed by atoms with van der Waals surface area (Å²) in [7, 11) is 2.04. The lowest BCUT2D eigenvalue weighted by Crippen LogP contribution is -2.49. The van der Waals surface area contributed by atoms with Crippen LogP contribution in [0, 0.1) is 0 Å². The first-order valence-corrected chi connectivity index (χ1v) is 22.0. The number of halogens is 9. The summed E-state index contributed by atoms with van der Waals surface area (Å²) in [5.41, 5.74) is 2.82. The fourth-order valence-corrected chi connectivity index (χ4v) is 7.27. The summed E-state index contributed by atoms with van der Waals surface area (Å²) in [6, 6.07) is 10.1. The summed E-state index contributed by atoms with van der Waals surface area (Å²) >= 11 is 0.603. The number of carbonyl (C=O) groups is 8. The van der Waals surface area contributed by atoms with E-state index in [2.05, 4.69) is 36.1 Å². The highest BCUT2D eigenvalue weighted by molar-refractivity contribution is 7.16. The molecule has 0 saturated heterocycles. The number of carbonyl (C=O) groups excluding carboxylic acids is 7. The number of hydrogen-bond donors (Lipinski definition) is 9. The summed E-state index contributed by atoms with van der Waals surface area (Å²) < 4.78 is 127. The number of phenolic OH excluding ortho intramolecular Hbond substituents is 2. The molecule has 5 amide bonds. The van der Waals surface area contributed by atoms with Crippen molar-refractivity contribution in [3.05, 3.63) is 102 Å². The van der Waals surface area contributed by atoms with E-state index in [1.165, 1.54) is 30.3 Å². The Labute approximate surface area is 420 Å². The van der Waals surface area contributed by atoms with E-state index in [1.54, 1.807) is 39.0 Å². The molecule has 2 aromatic heterocycles. The molecule has 2 atom stereocenters. The number of alkyl halides is 9. The van der Waals surface area contributed by atoms with Gasteiger partial charge in [0.2, 0.25) is 0 Å². The van der Waals surface area contributed by atoms with Crippen molar-refractivity contribution in [1.82, 2.24) is 26.6 Å². The molecule has 2 heterocycles. The Morgan fingerprint density at radius 2 is 0.986 bits per heavy atom. The zero-order valence-electron chi connectivity index (χ0n) is 38.9. The summed E-state index contributed by atoms with van der Waals surface area (Å²) in [5, 5.41) is 37.3. The molecular weight excluding hydrogens is 1060 g/mol. The molecule has 0 unspecified atom stereocenters. The average Bonchev–Trinajstić information content (AvgIpc) is 3.97. The van der Waals surface area contributed by atoms with Gasteiger partial charge in [0.15, 0.2) is 0 Å². The molecule has 31 heteroatoms. The Bertz CT molecular complexity index is 2650. The molecule has 0 aliphatic carbocycles. The molecule has 0 radical (unpaired) electrons. The number of aliphatic carboxylic acids is 1. The number of thiophene rings is 2. The zero-order valence-corrected chi connectivity index (χ0v) is 40.5. The maximum Gasteiger partial charge on any atom is 0.490 e. The van der Waals surface area contributed by atoms with Crippen molar-refractivity contribution in [3.8, 4) is 11.5 Å². The predicted octanol–water partition coefficient (Wildman–Crippen LogP) is 5.46. The van der Waals surface area contributed by atoms with Gasteiger partial charge in [0.25, 0.3) is 23.6 Å². The standard InChI is InChI=1S/C23H26F3N3O7S.C18H18F3N3O5S.C2HF3O2/c1-22(2,3)36-21(34)28-11-15(20(33)35-4)29-19(32)17-14(23(24,25)26)9-16(37-17)18(31)27-10-12-6-5-7-13(30)8-12;1-29-17(28)12(7-22)24-16(27)14-11(18(19,20)21)6-13(30-14)15(26)23-8-9-3-2-4-10(25)5-9;3-2(4,5)1(6)7/h5-9,15,30H,10-11H2,1-4H3,(H,27,31)(H,28,34)(H,29,32);2-6,12,25H,7-8,22H2,1H3,(H,23,26)(H,24,27);(H,6,7)/t15-;12-;/m00./s1. The van der Waals surface area contributed by atoms with E-state index < -0.39 is 116 Å². The maximum absolute atomic E-state index is 13.7. The number of phenols is 2. The number of esters is 2. The van der Waals surface area contributed by atoms with Crippen LogP contribution in [0.3, 0.4) is 0 Å². The van der Waals surface area contributed by atoms with Crippen molar-refractivity contribution >= 4 is 70.3 Å². The quantitative estimate of drug-likeness (QED) is 0.0405. The SMILES string of the molecule is COC(=O)[C@H](CN)NC(=O)c1sc(C(=O)NCc2cccc(O)c2)cc1C(F)(F)F.COC(=O)[C@H](CNC(=O)OC(C)(C)C)NC(=O)c1sc(C(=O)NCc2cccc(O)c2)cc1C(F)(F)F.O=C(O)C(F)(F)F. The topological polar surface area (TPSA) is 311 Å². The largest absolute Gasteiger partial charge is 0.508 e. The molecule has 74 heavy (non-hydrogen) atoms. The fourth-order valence-electron chi connectivity index (χ4n) is 5.28. The van der Waals surface area contributed by atoms with Crippen LogP contribution in [0.5, 0.6) is 11.5 Å². The molecule has 0 spiro atoms. The molecule has 0 saturated carbocycles. The number of alkyl carbamates (subject to hydrolysis) is 1. The van der Waals surface area contributed by atoms with Gasteiger partial charge in [-0.1, -0.05) is 24.3 Å². The maximum atomic E-state index is 13.7. The fraction of sp³-hybridized carbons (Fsp3) is 0.349. The number of nitrogens with one attached hydrogen (secondary N) is 5. The lowest BCUT2D eigenvalue weighted by atomic mass is 10.2. The van der Waals surface area contributed by atoms with Crippen LogP contribution in [0.2, 0.25) is 0 Å². The van der Waals surface area contributed by atoms with E-state index in [1.807, 2.05) is 0 Å². The van der Waals surface area contributed by atoms with Gasteiger partial charge >= 0.3 is 42.5 Å². The third kappa shape index (κ3) is 20.4. The van der Waals surface area contributed by atoms with Crippen molar-refractivity contribution < 1.29 is 107 Å². The summed E-state index contributed by atoms with van der Waals surface area (Å²) in [4.78, 5) is 91.9. The second kappa shape index (κ2) is 26.9. The lowest BCUT2D eigenvalue weighted by Gasteiger charge is -2.21. The van der Waals surface area contributed by atoms with Crippen molar-refractivity contribution in [2.75, 3.05) is 27.3 Å².